The van der Waals surface area contributed by atoms with E-state index in [0.717, 1.165) is 25.5 Å². The van der Waals surface area contributed by atoms with Crippen LogP contribution in [0, 0.1) is 5.92 Å². The van der Waals surface area contributed by atoms with Crippen molar-refractivity contribution in [3.8, 4) is 0 Å². The Balaban J connectivity index is 4.00. The molecule has 1 unspecified atom stereocenters. The summed E-state index contributed by atoms with van der Waals surface area (Å²) in [6.07, 6.45) is 7.59. The summed E-state index contributed by atoms with van der Waals surface area (Å²) < 4.78 is 31.9. The molecular weight excluding hydrogens is 332 g/mol. The van der Waals surface area contributed by atoms with Crippen LogP contribution >= 0.6 is 0 Å². The fraction of sp³-hybridized carbons (Fsp3) is 0.765. The first-order valence-electron chi connectivity index (χ1n) is 8.39. The monoisotopic (exact) mass is 362 g/mol. The summed E-state index contributed by atoms with van der Waals surface area (Å²) in [4.78, 5) is 23.6. The Bertz CT molecular complexity index is 509. The van der Waals surface area contributed by atoms with Gasteiger partial charge >= 0.3 is 11.9 Å². The minimum Gasteiger partial charge on any atom is -0.465 e. The fourth-order valence-corrected chi connectivity index (χ4v) is 2.26. The maximum atomic E-state index is 11.9. The predicted molar refractivity (Wildman–Crippen MR) is 93.3 cm³/mol. The Hall–Kier alpha value is -1.37. The molecule has 0 aromatic heterocycles. The molecule has 0 fully saturated rings. The van der Waals surface area contributed by atoms with Gasteiger partial charge in [0.2, 0.25) is 0 Å². The predicted octanol–water partition coefficient (Wildman–Crippen LogP) is 2.67. The van der Waals surface area contributed by atoms with Gasteiger partial charge in [-0.2, -0.15) is 0 Å². The van der Waals surface area contributed by atoms with E-state index < -0.39 is 27.7 Å². The number of esters is 2. The number of ether oxygens (including phenoxy) is 2. The van der Waals surface area contributed by atoms with Gasteiger partial charge in [-0.1, -0.05) is 45.6 Å². The molecule has 140 valence electrons. The van der Waals surface area contributed by atoms with E-state index in [0.29, 0.717) is 6.61 Å². The van der Waals surface area contributed by atoms with Crippen molar-refractivity contribution >= 4 is 21.8 Å². The van der Waals surface area contributed by atoms with Crippen LogP contribution in [-0.2, 0) is 28.9 Å². The van der Waals surface area contributed by atoms with E-state index in [2.05, 4.69) is 13.5 Å². The summed E-state index contributed by atoms with van der Waals surface area (Å²) in [5.74, 6) is -2.37. The molecule has 1 atom stereocenters. The maximum absolute atomic E-state index is 11.9. The lowest BCUT2D eigenvalue weighted by molar-refractivity contribution is -0.150. The van der Waals surface area contributed by atoms with Gasteiger partial charge in [0.25, 0.3) is 0 Å². The Morgan fingerprint density at radius 3 is 2.17 bits per heavy atom. The Kier molecular flexibility index (Phi) is 11.4. The number of rotatable bonds is 13. The van der Waals surface area contributed by atoms with E-state index in [-0.39, 0.29) is 17.9 Å². The van der Waals surface area contributed by atoms with E-state index in [4.69, 9.17) is 9.47 Å². The molecule has 0 saturated heterocycles. The van der Waals surface area contributed by atoms with Gasteiger partial charge in [0.05, 0.1) is 18.3 Å². The van der Waals surface area contributed by atoms with Gasteiger partial charge in [-0.05, 0) is 13.3 Å². The van der Waals surface area contributed by atoms with E-state index in [1.54, 1.807) is 0 Å². The molecule has 0 aliphatic heterocycles. The number of carbonyl (C=O) groups excluding carboxylic acids is 2. The molecule has 0 aromatic carbocycles. The van der Waals surface area contributed by atoms with E-state index >= 15 is 0 Å². The van der Waals surface area contributed by atoms with Crippen molar-refractivity contribution in [2.75, 3.05) is 25.2 Å². The van der Waals surface area contributed by atoms with Crippen molar-refractivity contribution < 1.29 is 27.5 Å². The largest absolute Gasteiger partial charge is 0.465 e. The maximum Gasteiger partial charge on any atom is 0.334 e. The average Bonchev–Trinajstić information content (AvgIpc) is 2.51. The topological polar surface area (TPSA) is 86.7 Å². The van der Waals surface area contributed by atoms with Gasteiger partial charge in [-0.3, -0.25) is 4.79 Å². The highest BCUT2D eigenvalue weighted by molar-refractivity contribution is 7.90. The Morgan fingerprint density at radius 1 is 1.00 bits per heavy atom. The lowest BCUT2D eigenvalue weighted by Crippen LogP contribution is -2.24. The van der Waals surface area contributed by atoms with Crippen LogP contribution in [0.4, 0.5) is 0 Å². The number of carbonyl (C=O) groups is 2. The Labute approximate surface area is 145 Å². The van der Waals surface area contributed by atoms with Crippen molar-refractivity contribution in [3.05, 3.63) is 12.2 Å². The lowest BCUT2D eigenvalue weighted by atomic mass is 10.0. The van der Waals surface area contributed by atoms with Crippen LogP contribution in [0.25, 0.3) is 0 Å². The van der Waals surface area contributed by atoms with Gasteiger partial charge in [0.15, 0.2) is 9.84 Å². The van der Waals surface area contributed by atoms with E-state index in [9.17, 15) is 18.0 Å². The molecule has 24 heavy (non-hydrogen) atoms. The molecule has 0 heterocycles. The molecule has 0 radical (unpaired) electrons. The standard InChI is InChI=1S/C17H30O6S/c1-5-6-7-8-9-10-11-22-16(18)14(2)15(3)17(19)23-12-13-24(4,20)21/h14H,3,5-13H2,1-2,4H3. The summed E-state index contributed by atoms with van der Waals surface area (Å²) in [7, 11) is -3.20. The fourth-order valence-electron chi connectivity index (χ4n) is 1.88. The highest BCUT2D eigenvalue weighted by Crippen LogP contribution is 2.13. The zero-order chi connectivity index (χ0) is 18.6. The SMILES string of the molecule is C=C(C(=O)OCCS(C)(=O)=O)C(C)C(=O)OCCCCCCCC. The minimum absolute atomic E-state index is 0.0311. The normalized spacial score (nSPS) is 12.5. The second-order valence-corrected chi connectivity index (χ2v) is 8.21. The Morgan fingerprint density at radius 2 is 1.58 bits per heavy atom. The first-order valence-corrected chi connectivity index (χ1v) is 10.4. The van der Waals surface area contributed by atoms with E-state index in [1.165, 1.54) is 26.2 Å². The van der Waals surface area contributed by atoms with Crippen molar-refractivity contribution in [1.82, 2.24) is 0 Å². The first-order chi connectivity index (χ1) is 11.2. The third-order valence-corrected chi connectivity index (χ3v) is 4.48. The zero-order valence-electron chi connectivity index (χ0n) is 15.0. The van der Waals surface area contributed by atoms with Crippen LogP contribution in [0.1, 0.15) is 52.4 Å². The highest BCUT2D eigenvalue weighted by Gasteiger charge is 2.24. The lowest BCUT2D eigenvalue weighted by Gasteiger charge is -2.13. The summed E-state index contributed by atoms with van der Waals surface area (Å²) in [5, 5.41) is 0. The van der Waals surface area contributed by atoms with E-state index in [1.807, 2.05) is 0 Å². The molecule has 0 aliphatic rings. The quantitative estimate of drug-likeness (QED) is 0.284. The molecule has 6 nitrogen and oxygen atoms in total. The summed E-state index contributed by atoms with van der Waals surface area (Å²) in [5.41, 5.74) is -0.0311. The van der Waals surface area contributed by atoms with Crippen LogP contribution in [-0.4, -0.2) is 45.6 Å². The van der Waals surface area contributed by atoms with Gasteiger partial charge in [0, 0.05) is 11.8 Å². The van der Waals surface area contributed by atoms with Gasteiger partial charge in [-0.15, -0.1) is 0 Å². The van der Waals surface area contributed by atoms with Crippen molar-refractivity contribution in [2.24, 2.45) is 5.92 Å². The third-order valence-electron chi connectivity index (χ3n) is 3.57. The average molecular weight is 362 g/mol. The van der Waals surface area contributed by atoms with Gasteiger partial charge in [0.1, 0.15) is 6.61 Å². The van der Waals surface area contributed by atoms with Gasteiger partial charge < -0.3 is 9.47 Å². The summed E-state index contributed by atoms with van der Waals surface area (Å²) in [6.45, 7) is 7.29. The first kappa shape index (κ1) is 22.6. The number of hydrogen-bond acceptors (Lipinski definition) is 6. The van der Waals surface area contributed by atoms with Crippen LogP contribution in [0.5, 0.6) is 0 Å². The smallest absolute Gasteiger partial charge is 0.334 e. The van der Waals surface area contributed by atoms with Crippen LogP contribution in [0.2, 0.25) is 0 Å². The number of hydrogen-bond donors (Lipinski definition) is 0. The molecule has 0 N–H and O–H groups in total. The molecule has 0 saturated carbocycles. The molecule has 0 aliphatic carbocycles. The zero-order valence-corrected chi connectivity index (χ0v) is 15.8. The van der Waals surface area contributed by atoms with Crippen molar-refractivity contribution in [2.45, 2.75) is 52.4 Å². The molecule has 0 rings (SSSR count). The molecule has 0 aromatic rings. The summed E-state index contributed by atoms with van der Waals surface area (Å²) >= 11 is 0. The molecular formula is C17H30O6S. The number of sulfone groups is 1. The number of unbranched alkanes of at least 4 members (excludes halogenated alkanes) is 5. The highest BCUT2D eigenvalue weighted by atomic mass is 32.2. The third kappa shape index (κ3) is 11.2. The van der Waals surface area contributed by atoms with Crippen LogP contribution in [0.15, 0.2) is 12.2 Å². The minimum atomic E-state index is -3.20. The second-order valence-electron chi connectivity index (χ2n) is 5.95. The summed E-state index contributed by atoms with van der Waals surface area (Å²) in [6, 6.07) is 0. The van der Waals surface area contributed by atoms with Crippen LogP contribution < -0.4 is 0 Å². The molecule has 7 heteroatoms. The van der Waals surface area contributed by atoms with Crippen molar-refractivity contribution in [3.63, 3.8) is 0 Å². The van der Waals surface area contributed by atoms with Gasteiger partial charge in [-0.25, -0.2) is 13.2 Å². The van der Waals surface area contributed by atoms with Crippen LogP contribution in [0.3, 0.4) is 0 Å². The van der Waals surface area contributed by atoms with Crippen molar-refractivity contribution in [1.29, 1.82) is 0 Å². The molecule has 0 bridgehead atoms. The molecule has 0 spiro atoms. The molecule has 0 amide bonds. The second kappa shape index (κ2) is 12.1.